The van der Waals surface area contributed by atoms with E-state index in [1.807, 2.05) is 37.3 Å². The summed E-state index contributed by atoms with van der Waals surface area (Å²) in [4.78, 5) is 12.8. The molecule has 0 saturated heterocycles. The second kappa shape index (κ2) is 10.2. The highest BCUT2D eigenvalue weighted by Gasteiger charge is 2.28. The molecule has 0 bridgehead atoms. The van der Waals surface area contributed by atoms with Crippen molar-refractivity contribution in [3.63, 3.8) is 0 Å². The van der Waals surface area contributed by atoms with Gasteiger partial charge in [-0.25, -0.2) is 8.42 Å². The smallest absolute Gasteiger partial charge is 0.264 e. The summed E-state index contributed by atoms with van der Waals surface area (Å²) in [6.07, 6.45) is 0. The number of nitrogens with zero attached hydrogens (tertiary/aromatic N) is 1. The molecule has 0 aliphatic heterocycles. The minimum atomic E-state index is -4.03. The number of anilines is 1. The molecule has 1 unspecified atom stereocenters. The first-order valence-electron chi connectivity index (χ1n) is 9.63. The van der Waals surface area contributed by atoms with Crippen LogP contribution in [0.5, 0.6) is 0 Å². The minimum Gasteiger partial charge on any atom is -0.354 e. The number of carbonyl (C=O) groups excluding carboxylic acids is 1. The lowest BCUT2D eigenvalue weighted by atomic mass is 10.0. The molecule has 5 nitrogen and oxygen atoms in total. The van der Waals surface area contributed by atoms with Gasteiger partial charge in [0.05, 0.1) is 15.6 Å². The zero-order chi connectivity index (χ0) is 22.4. The van der Waals surface area contributed by atoms with Gasteiger partial charge in [0.1, 0.15) is 6.54 Å². The Morgan fingerprint density at radius 3 is 2.19 bits per heavy atom. The number of hydrogen-bond donors (Lipinski definition) is 1. The molecule has 0 aliphatic carbocycles. The number of benzene rings is 3. The van der Waals surface area contributed by atoms with Crippen molar-refractivity contribution < 1.29 is 13.2 Å². The van der Waals surface area contributed by atoms with E-state index in [4.69, 9.17) is 23.2 Å². The fourth-order valence-electron chi connectivity index (χ4n) is 3.06. The van der Waals surface area contributed by atoms with Gasteiger partial charge in [0.15, 0.2) is 0 Å². The van der Waals surface area contributed by atoms with Crippen LogP contribution in [0.15, 0.2) is 83.8 Å². The third-order valence-corrected chi connectivity index (χ3v) is 7.08. The van der Waals surface area contributed by atoms with E-state index in [-0.39, 0.29) is 21.5 Å². The molecule has 0 heterocycles. The van der Waals surface area contributed by atoms with Gasteiger partial charge in [-0.1, -0.05) is 78.7 Å². The van der Waals surface area contributed by atoms with Gasteiger partial charge in [0, 0.05) is 11.6 Å². The Bertz CT molecular complexity index is 1140. The summed E-state index contributed by atoms with van der Waals surface area (Å²) in [6, 6.07) is 22.1. The Morgan fingerprint density at radius 1 is 0.968 bits per heavy atom. The molecule has 3 rings (SSSR count). The van der Waals surface area contributed by atoms with Gasteiger partial charge in [-0.15, -0.1) is 0 Å². The second-order valence-corrected chi connectivity index (χ2v) is 9.74. The summed E-state index contributed by atoms with van der Waals surface area (Å²) in [5, 5.41) is 3.33. The molecular formula is C23H22Cl2N2O3S. The van der Waals surface area contributed by atoms with Gasteiger partial charge in [-0.2, -0.15) is 0 Å². The van der Waals surface area contributed by atoms with E-state index in [9.17, 15) is 13.2 Å². The lowest BCUT2D eigenvalue weighted by molar-refractivity contribution is -0.119. The van der Waals surface area contributed by atoms with Crippen LogP contribution in [0.4, 0.5) is 5.69 Å². The van der Waals surface area contributed by atoms with E-state index in [1.165, 1.54) is 30.3 Å². The predicted octanol–water partition coefficient (Wildman–Crippen LogP) is 5.11. The summed E-state index contributed by atoms with van der Waals surface area (Å²) >= 11 is 12.3. The molecule has 162 valence electrons. The second-order valence-electron chi connectivity index (χ2n) is 7.04. The third-order valence-electron chi connectivity index (χ3n) is 4.77. The van der Waals surface area contributed by atoms with Crippen molar-refractivity contribution in [3.05, 3.63) is 94.5 Å². The lowest BCUT2D eigenvalue weighted by Gasteiger charge is -2.25. The number of nitrogens with one attached hydrogen (secondary N) is 1. The van der Waals surface area contributed by atoms with Crippen molar-refractivity contribution in [1.82, 2.24) is 5.32 Å². The highest BCUT2D eigenvalue weighted by molar-refractivity contribution is 7.92. The van der Waals surface area contributed by atoms with Gasteiger partial charge in [0.25, 0.3) is 10.0 Å². The highest BCUT2D eigenvalue weighted by Crippen LogP contribution is 2.32. The summed E-state index contributed by atoms with van der Waals surface area (Å²) in [7, 11) is -4.03. The fourth-order valence-corrected chi connectivity index (χ4v) is 5.08. The quantitative estimate of drug-likeness (QED) is 0.491. The Hall–Kier alpha value is -2.54. The molecule has 1 atom stereocenters. The van der Waals surface area contributed by atoms with Gasteiger partial charge < -0.3 is 5.32 Å². The molecular weight excluding hydrogens is 455 g/mol. The monoisotopic (exact) mass is 476 g/mol. The third kappa shape index (κ3) is 5.79. The molecule has 0 radical (unpaired) electrons. The van der Waals surface area contributed by atoms with Crippen LogP contribution in [-0.2, 0) is 14.8 Å². The standard InChI is InChI=1S/C23H22Cl2N2O3S/c1-17(18-8-4-2-5-9-18)15-26-23(28)16-27(22-13-12-19(24)14-21(22)25)31(29,30)20-10-6-3-7-11-20/h2-14,17H,15-16H2,1H3,(H,26,28). The molecule has 0 aliphatic rings. The number of carbonyl (C=O) groups is 1. The van der Waals surface area contributed by atoms with E-state index in [0.29, 0.717) is 11.6 Å². The van der Waals surface area contributed by atoms with E-state index >= 15 is 0 Å². The van der Waals surface area contributed by atoms with Crippen LogP contribution in [-0.4, -0.2) is 27.4 Å². The number of sulfonamides is 1. The number of amides is 1. The van der Waals surface area contributed by atoms with Gasteiger partial charge in [-0.05, 0) is 41.8 Å². The zero-order valence-electron chi connectivity index (χ0n) is 16.8. The first-order chi connectivity index (χ1) is 14.8. The fraction of sp³-hybridized carbons (Fsp3) is 0.174. The van der Waals surface area contributed by atoms with Crippen molar-refractivity contribution in [2.75, 3.05) is 17.4 Å². The molecule has 8 heteroatoms. The number of halogens is 2. The maximum absolute atomic E-state index is 13.3. The van der Waals surface area contributed by atoms with Crippen LogP contribution >= 0.6 is 23.2 Å². The topological polar surface area (TPSA) is 66.5 Å². The summed E-state index contributed by atoms with van der Waals surface area (Å²) in [5.74, 6) is -0.364. The van der Waals surface area contributed by atoms with E-state index in [0.717, 1.165) is 9.87 Å². The van der Waals surface area contributed by atoms with Crippen LogP contribution in [0.2, 0.25) is 10.0 Å². The summed E-state index contributed by atoms with van der Waals surface area (Å²) in [5.41, 5.74) is 1.26. The minimum absolute atomic E-state index is 0.0615. The molecule has 0 aromatic heterocycles. The Balaban J connectivity index is 1.84. The van der Waals surface area contributed by atoms with Crippen LogP contribution in [0.1, 0.15) is 18.4 Å². The Kier molecular flexibility index (Phi) is 7.59. The number of rotatable bonds is 8. The molecule has 0 fully saturated rings. The highest BCUT2D eigenvalue weighted by atomic mass is 35.5. The van der Waals surface area contributed by atoms with Crippen LogP contribution in [0.3, 0.4) is 0 Å². The first kappa shape index (κ1) is 23.1. The van der Waals surface area contributed by atoms with Gasteiger partial charge in [-0.3, -0.25) is 9.10 Å². The molecule has 0 spiro atoms. The molecule has 3 aromatic carbocycles. The lowest BCUT2D eigenvalue weighted by Crippen LogP contribution is -2.41. The maximum Gasteiger partial charge on any atom is 0.264 e. The average Bonchev–Trinajstić information content (AvgIpc) is 2.77. The van der Waals surface area contributed by atoms with Gasteiger partial charge in [0.2, 0.25) is 5.91 Å². The van der Waals surface area contributed by atoms with E-state index < -0.39 is 22.5 Å². The zero-order valence-corrected chi connectivity index (χ0v) is 19.2. The summed E-state index contributed by atoms with van der Waals surface area (Å²) < 4.78 is 27.6. The van der Waals surface area contributed by atoms with Crippen molar-refractivity contribution in [2.24, 2.45) is 0 Å². The number of hydrogen-bond acceptors (Lipinski definition) is 3. The molecule has 31 heavy (non-hydrogen) atoms. The SMILES string of the molecule is CC(CNC(=O)CN(c1ccc(Cl)cc1Cl)S(=O)(=O)c1ccccc1)c1ccccc1. The van der Waals surface area contributed by atoms with E-state index in [2.05, 4.69) is 5.32 Å². The van der Waals surface area contributed by atoms with Crippen molar-refractivity contribution in [3.8, 4) is 0 Å². The maximum atomic E-state index is 13.3. The van der Waals surface area contributed by atoms with Crippen molar-refractivity contribution in [1.29, 1.82) is 0 Å². The van der Waals surface area contributed by atoms with Crippen molar-refractivity contribution >= 4 is 44.8 Å². The molecule has 1 N–H and O–H groups in total. The van der Waals surface area contributed by atoms with Gasteiger partial charge >= 0.3 is 0 Å². The normalized spacial score (nSPS) is 12.2. The first-order valence-corrected chi connectivity index (χ1v) is 11.8. The Morgan fingerprint density at radius 2 is 1.58 bits per heavy atom. The van der Waals surface area contributed by atoms with E-state index in [1.54, 1.807) is 18.2 Å². The Labute approximate surface area is 192 Å². The summed E-state index contributed by atoms with van der Waals surface area (Å²) in [6.45, 7) is 1.95. The van der Waals surface area contributed by atoms with Crippen LogP contribution in [0, 0.1) is 0 Å². The predicted molar refractivity (Wildman–Crippen MR) is 125 cm³/mol. The molecule has 0 saturated carbocycles. The average molecular weight is 477 g/mol. The van der Waals surface area contributed by atoms with Crippen LogP contribution in [0.25, 0.3) is 0 Å². The largest absolute Gasteiger partial charge is 0.354 e. The molecule has 3 aromatic rings. The van der Waals surface area contributed by atoms with Crippen molar-refractivity contribution in [2.45, 2.75) is 17.7 Å². The van der Waals surface area contributed by atoms with Crippen LogP contribution < -0.4 is 9.62 Å². The molecule has 1 amide bonds.